The van der Waals surface area contributed by atoms with E-state index in [0.717, 1.165) is 17.0 Å². The first kappa shape index (κ1) is 15.2. The van der Waals surface area contributed by atoms with E-state index in [1.165, 1.54) is 6.07 Å². The summed E-state index contributed by atoms with van der Waals surface area (Å²) in [6, 6.07) is 6.59. The van der Waals surface area contributed by atoms with Crippen molar-refractivity contribution >= 4 is 0 Å². The molecule has 0 saturated carbocycles. The number of nitrogens with zero attached hydrogens (tertiary/aromatic N) is 3. The zero-order valence-corrected chi connectivity index (χ0v) is 13.1. The number of hydrogen-bond acceptors (Lipinski definition) is 3. The van der Waals surface area contributed by atoms with Gasteiger partial charge in [-0.05, 0) is 31.9 Å². The Morgan fingerprint density at radius 2 is 1.96 bits per heavy atom. The molecule has 2 aromatic heterocycles. The summed E-state index contributed by atoms with van der Waals surface area (Å²) in [7, 11) is 0. The van der Waals surface area contributed by atoms with E-state index in [4.69, 9.17) is 0 Å². The van der Waals surface area contributed by atoms with Gasteiger partial charge in [-0.3, -0.25) is 9.67 Å². The molecule has 0 fully saturated rings. The van der Waals surface area contributed by atoms with Crippen LogP contribution in [0.25, 0.3) is 0 Å². The Kier molecular flexibility index (Phi) is 4.10. The molecule has 6 nitrogen and oxygen atoms in total. The lowest BCUT2D eigenvalue weighted by molar-refractivity contribution is 0.582. The van der Waals surface area contributed by atoms with Crippen molar-refractivity contribution in [3.8, 4) is 0 Å². The van der Waals surface area contributed by atoms with E-state index in [1.807, 2.05) is 13.8 Å². The maximum atomic E-state index is 13.7. The van der Waals surface area contributed by atoms with Crippen molar-refractivity contribution < 1.29 is 4.39 Å². The molecular formula is C16H18FN5O. The Labute approximate surface area is 132 Å². The van der Waals surface area contributed by atoms with Crippen molar-refractivity contribution in [2.75, 3.05) is 0 Å². The second-order valence-electron chi connectivity index (χ2n) is 5.53. The summed E-state index contributed by atoms with van der Waals surface area (Å²) in [5.41, 5.74) is 3.17. The van der Waals surface area contributed by atoms with E-state index in [0.29, 0.717) is 30.8 Å². The monoisotopic (exact) mass is 315 g/mol. The average Bonchev–Trinajstić information content (AvgIpc) is 3.04. The predicted molar refractivity (Wildman–Crippen MR) is 83.8 cm³/mol. The van der Waals surface area contributed by atoms with Gasteiger partial charge in [0.1, 0.15) is 11.6 Å². The second-order valence-corrected chi connectivity index (χ2v) is 5.53. The van der Waals surface area contributed by atoms with E-state index in [9.17, 15) is 9.18 Å². The Morgan fingerprint density at radius 1 is 1.17 bits per heavy atom. The molecule has 0 aliphatic heterocycles. The lowest BCUT2D eigenvalue weighted by Crippen LogP contribution is -2.20. The van der Waals surface area contributed by atoms with Crippen LogP contribution in [0, 0.1) is 19.7 Å². The zero-order chi connectivity index (χ0) is 16.4. The molecule has 7 heteroatoms. The summed E-state index contributed by atoms with van der Waals surface area (Å²) in [5.74, 6) is 0.367. The number of rotatable bonds is 5. The molecule has 0 radical (unpaired) electrons. The van der Waals surface area contributed by atoms with Gasteiger partial charge in [0.2, 0.25) is 0 Å². The highest BCUT2D eigenvalue weighted by molar-refractivity contribution is 5.26. The number of hydrogen-bond donors (Lipinski definition) is 2. The highest BCUT2D eigenvalue weighted by atomic mass is 19.1. The van der Waals surface area contributed by atoms with Crippen LogP contribution in [0.1, 0.15) is 28.3 Å². The van der Waals surface area contributed by atoms with Gasteiger partial charge in [-0.2, -0.15) is 10.2 Å². The van der Waals surface area contributed by atoms with Gasteiger partial charge in [-0.15, -0.1) is 0 Å². The van der Waals surface area contributed by atoms with Gasteiger partial charge in [0.05, 0.1) is 5.69 Å². The Hall–Kier alpha value is -2.70. The van der Waals surface area contributed by atoms with Crippen LogP contribution in [-0.2, 0) is 19.4 Å². The van der Waals surface area contributed by atoms with Crippen molar-refractivity contribution in [1.29, 1.82) is 0 Å². The first-order chi connectivity index (χ1) is 11.1. The predicted octanol–water partition coefficient (Wildman–Crippen LogP) is 1.88. The van der Waals surface area contributed by atoms with Gasteiger partial charge >= 0.3 is 5.69 Å². The molecule has 3 rings (SSSR count). The molecule has 0 saturated heterocycles. The molecule has 0 unspecified atom stereocenters. The summed E-state index contributed by atoms with van der Waals surface area (Å²) < 4.78 is 15.3. The Bertz CT molecular complexity index is 857. The molecule has 1 aromatic carbocycles. The quantitative estimate of drug-likeness (QED) is 0.754. The first-order valence-corrected chi connectivity index (χ1v) is 7.44. The fraction of sp³-hybridized carbons (Fsp3) is 0.312. The average molecular weight is 315 g/mol. The third-order valence-corrected chi connectivity index (χ3v) is 4.02. The summed E-state index contributed by atoms with van der Waals surface area (Å²) in [6.07, 6.45) is 0.937. The van der Waals surface area contributed by atoms with Crippen LogP contribution in [0.5, 0.6) is 0 Å². The summed E-state index contributed by atoms with van der Waals surface area (Å²) >= 11 is 0. The van der Waals surface area contributed by atoms with E-state index in [2.05, 4.69) is 20.4 Å². The van der Waals surface area contributed by atoms with Crippen LogP contribution < -0.4 is 5.69 Å². The maximum absolute atomic E-state index is 13.7. The molecule has 0 aliphatic rings. The number of aryl methyl sites for hydroxylation is 3. The number of nitrogens with one attached hydrogen (secondary N) is 2. The standard InChI is InChI=1S/C16H18FN5O/c1-10-13(11(2)19-18-10)9-15-20-21-16(23)22(15)8-7-12-5-3-4-6-14(12)17/h3-6H,7-9H2,1-2H3,(H,18,19)(H,21,23). The smallest absolute Gasteiger partial charge is 0.282 e. The molecule has 2 heterocycles. The molecule has 2 N–H and O–H groups in total. The van der Waals surface area contributed by atoms with Crippen molar-refractivity contribution in [2.45, 2.75) is 33.2 Å². The van der Waals surface area contributed by atoms with Crippen LogP contribution in [0.2, 0.25) is 0 Å². The largest absolute Gasteiger partial charge is 0.343 e. The first-order valence-electron chi connectivity index (χ1n) is 7.44. The Balaban J connectivity index is 1.82. The maximum Gasteiger partial charge on any atom is 0.343 e. The summed E-state index contributed by atoms with van der Waals surface area (Å²) in [6.45, 7) is 4.22. The number of H-pyrrole nitrogens is 2. The topological polar surface area (TPSA) is 79.4 Å². The minimum Gasteiger partial charge on any atom is -0.282 e. The van der Waals surface area contributed by atoms with Crippen LogP contribution in [0.15, 0.2) is 29.1 Å². The Morgan fingerprint density at radius 3 is 2.65 bits per heavy atom. The number of aromatic amines is 2. The minimum absolute atomic E-state index is 0.257. The van der Waals surface area contributed by atoms with Crippen molar-refractivity contribution in [3.05, 3.63) is 68.9 Å². The third-order valence-electron chi connectivity index (χ3n) is 4.02. The fourth-order valence-corrected chi connectivity index (χ4v) is 2.64. The van der Waals surface area contributed by atoms with Crippen molar-refractivity contribution in [1.82, 2.24) is 25.0 Å². The molecule has 23 heavy (non-hydrogen) atoms. The lowest BCUT2D eigenvalue weighted by atomic mass is 10.1. The minimum atomic E-state index is -0.282. The second kappa shape index (κ2) is 6.20. The number of aromatic nitrogens is 5. The fourth-order valence-electron chi connectivity index (χ4n) is 2.64. The zero-order valence-electron chi connectivity index (χ0n) is 13.1. The van der Waals surface area contributed by atoms with Gasteiger partial charge in [0.25, 0.3) is 0 Å². The normalized spacial score (nSPS) is 11.1. The molecule has 3 aromatic rings. The van der Waals surface area contributed by atoms with E-state index in [-0.39, 0.29) is 11.5 Å². The van der Waals surface area contributed by atoms with E-state index < -0.39 is 0 Å². The number of halogens is 1. The van der Waals surface area contributed by atoms with Crippen LogP contribution in [0.4, 0.5) is 4.39 Å². The molecule has 0 aliphatic carbocycles. The van der Waals surface area contributed by atoms with Gasteiger partial charge < -0.3 is 0 Å². The summed E-state index contributed by atoms with van der Waals surface area (Å²) in [4.78, 5) is 12.0. The van der Waals surface area contributed by atoms with Crippen molar-refractivity contribution in [2.24, 2.45) is 0 Å². The van der Waals surface area contributed by atoms with Crippen molar-refractivity contribution in [3.63, 3.8) is 0 Å². The summed E-state index contributed by atoms with van der Waals surface area (Å²) in [5, 5.41) is 13.6. The van der Waals surface area contributed by atoms with Crippen LogP contribution in [-0.4, -0.2) is 25.0 Å². The molecule has 0 amide bonds. The van der Waals surface area contributed by atoms with Gasteiger partial charge in [-0.1, -0.05) is 18.2 Å². The molecule has 120 valence electrons. The van der Waals surface area contributed by atoms with Crippen LogP contribution >= 0.6 is 0 Å². The molecule has 0 spiro atoms. The highest BCUT2D eigenvalue weighted by Gasteiger charge is 2.14. The molecule has 0 bridgehead atoms. The third kappa shape index (κ3) is 3.08. The SMILES string of the molecule is Cc1n[nH]c(C)c1Cc1n[nH]c(=O)n1CCc1ccccc1F. The lowest BCUT2D eigenvalue weighted by Gasteiger charge is -2.07. The van der Waals surface area contributed by atoms with Gasteiger partial charge in [0.15, 0.2) is 0 Å². The van der Waals surface area contributed by atoms with Gasteiger partial charge in [-0.25, -0.2) is 14.3 Å². The van der Waals surface area contributed by atoms with E-state index >= 15 is 0 Å². The molecule has 0 atom stereocenters. The highest BCUT2D eigenvalue weighted by Crippen LogP contribution is 2.14. The molecular weight excluding hydrogens is 297 g/mol. The number of benzene rings is 1. The van der Waals surface area contributed by atoms with E-state index in [1.54, 1.807) is 22.8 Å². The van der Waals surface area contributed by atoms with Crippen LogP contribution in [0.3, 0.4) is 0 Å². The van der Waals surface area contributed by atoms with Gasteiger partial charge in [0, 0.05) is 24.2 Å².